The van der Waals surface area contributed by atoms with Crippen LogP contribution in [0.15, 0.2) is 0 Å². The zero-order valence-electron chi connectivity index (χ0n) is 13.0. The number of amides is 2. The summed E-state index contributed by atoms with van der Waals surface area (Å²) < 4.78 is 25.3. The molecule has 1 saturated heterocycles. The molecule has 126 valence electrons. The monoisotopic (exact) mass is 331 g/mol. The molecule has 0 bridgehead atoms. The predicted molar refractivity (Wildman–Crippen MR) is 82.2 cm³/mol. The number of nitrogens with zero attached hydrogens (tertiary/aromatic N) is 1. The van der Waals surface area contributed by atoms with Crippen LogP contribution in [0.3, 0.4) is 0 Å². The van der Waals surface area contributed by atoms with Crippen molar-refractivity contribution in [3.05, 3.63) is 0 Å². The molecule has 0 spiro atoms. The lowest BCUT2D eigenvalue weighted by atomic mass is 9.97. The van der Waals surface area contributed by atoms with Gasteiger partial charge in [0.1, 0.15) is 0 Å². The Hall–Kier alpha value is -1.15. The van der Waals surface area contributed by atoms with Crippen LogP contribution in [0, 0.1) is 11.8 Å². The van der Waals surface area contributed by atoms with Gasteiger partial charge in [-0.05, 0) is 32.6 Å². The molecule has 0 aromatic carbocycles. The van der Waals surface area contributed by atoms with E-state index < -0.39 is 10.0 Å². The smallest absolute Gasteiger partial charge is 0.224 e. The van der Waals surface area contributed by atoms with Crippen LogP contribution in [0.25, 0.3) is 0 Å². The highest BCUT2D eigenvalue weighted by Gasteiger charge is 2.36. The molecule has 22 heavy (non-hydrogen) atoms. The summed E-state index contributed by atoms with van der Waals surface area (Å²) in [5.74, 6) is -1.13. The second kappa shape index (κ2) is 6.95. The summed E-state index contributed by atoms with van der Waals surface area (Å²) in [5, 5.41) is 2.91. The lowest BCUT2D eigenvalue weighted by molar-refractivity contribution is -0.128. The first-order chi connectivity index (χ1) is 10.3. The van der Waals surface area contributed by atoms with Gasteiger partial charge in [-0.1, -0.05) is 6.42 Å². The molecule has 2 fully saturated rings. The standard InChI is InChI=1S/C14H25N3O4S/c1-2-22(20,21)17-8-4-5-10(9-17)14(19)16-12-7-3-6-11(12)13(15)18/h10-12H,2-9H2,1H3,(H2,15,18)(H,16,19)/t10?,11-,12+/m0/s1. The van der Waals surface area contributed by atoms with E-state index in [1.165, 1.54) is 4.31 Å². The van der Waals surface area contributed by atoms with Gasteiger partial charge in [-0.15, -0.1) is 0 Å². The molecule has 3 atom stereocenters. The summed E-state index contributed by atoms with van der Waals surface area (Å²) in [5.41, 5.74) is 5.36. The fourth-order valence-electron chi connectivity index (χ4n) is 3.37. The first-order valence-electron chi connectivity index (χ1n) is 7.92. The maximum absolute atomic E-state index is 12.4. The lowest BCUT2D eigenvalue weighted by Gasteiger charge is -2.32. The minimum Gasteiger partial charge on any atom is -0.369 e. The minimum atomic E-state index is -3.26. The molecule has 1 aliphatic heterocycles. The minimum absolute atomic E-state index is 0.0493. The highest BCUT2D eigenvalue weighted by atomic mass is 32.2. The molecular formula is C14H25N3O4S. The van der Waals surface area contributed by atoms with Gasteiger partial charge in [0.2, 0.25) is 21.8 Å². The van der Waals surface area contributed by atoms with Crippen molar-refractivity contribution in [1.29, 1.82) is 0 Å². The molecule has 0 radical (unpaired) electrons. The quantitative estimate of drug-likeness (QED) is 0.728. The van der Waals surface area contributed by atoms with Crippen LogP contribution >= 0.6 is 0 Å². The highest BCUT2D eigenvalue weighted by Crippen LogP contribution is 2.26. The zero-order valence-corrected chi connectivity index (χ0v) is 13.8. The van der Waals surface area contributed by atoms with E-state index in [1.54, 1.807) is 6.92 Å². The number of piperidine rings is 1. The summed E-state index contributed by atoms with van der Waals surface area (Å²) in [6.45, 7) is 2.32. The molecule has 2 rings (SSSR count). The zero-order chi connectivity index (χ0) is 16.3. The topological polar surface area (TPSA) is 110 Å². The number of rotatable bonds is 5. The van der Waals surface area contributed by atoms with E-state index in [0.717, 1.165) is 12.8 Å². The van der Waals surface area contributed by atoms with E-state index in [-0.39, 0.29) is 42.0 Å². The van der Waals surface area contributed by atoms with E-state index in [4.69, 9.17) is 5.73 Å². The molecule has 0 aromatic heterocycles. The van der Waals surface area contributed by atoms with Gasteiger partial charge in [0.15, 0.2) is 0 Å². The molecular weight excluding hydrogens is 306 g/mol. The molecule has 8 heteroatoms. The van der Waals surface area contributed by atoms with Gasteiger partial charge in [-0.2, -0.15) is 0 Å². The van der Waals surface area contributed by atoms with Crippen LogP contribution in [0.2, 0.25) is 0 Å². The number of carbonyl (C=O) groups is 2. The van der Waals surface area contributed by atoms with E-state index in [2.05, 4.69) is 5.32 Å². The SMILES string of the molecule is CCS(=O)(=O)N1CCCC(C(=O)N[C@@H]2CCC[C@@H]2C(N)=O)C1. The highest BCUT2D eigenvalue weighted by molar-refractivity contribution is 7.89. The normalized spacial score (nSPS) is 30.1. The van der Waals surface area contributed by atoms with Gasteiger partial charge in [-0.3, -0.25) is 9.59 Å². The Bertz CT molecular complexity index is 534. The maximum Gasteiger partial charge on any atom is 0.224 e. The largest absolute Gasteiger partial charge is 0.369 e. The predicted octanol–water partition coefficient (Wildman–Crippen LogP) is -0.182. The number of hydrogen-bond acceptors (Lipinski definition) is 4. The number of nitrogens with two attached hydrogens (primary N) is 1. The van der Waals surface area contributed by atoms with Crippen molar-refractivity contribution in [2.75, 3.05) is 18.8 Å². The van der Waals surface area contributed by atoms with Crippen molar-refractivity contribution in [3.63, 3.8) is 0 Å². The number of hydrogen-bond donors (Lipinski definition) is 2. The van der Waals surface area contributed by atoms with Crippen molar-refractivity contribution in [1.82, 2.24) is 9.62 Å². The number of primary amides is 1. The van der Waals surface area contributed by atoms with Crippen LogP contribution in [-0.4, -0.2) is 49.4 Å². The average molecular weight is 331 g/mol. The van der Waals surface area contributed by atoms with Gasteiger partial charge in [0.25, 0.3) is 0 Å². The Morgan fingerprint density at radius 2 is 1.95 bits per heavy atom. The maximum atomic E-state index is 12.4. The summed E-state index contributed by atoms with van der Waals surface area (Å²) in [6, 6.07) is -0.205. The molecule has 0 aromatic rings. The summed E-state index contributed by atoms with van der Waals surface area (Å²) in [6.07, 6.45) is 3.70. The Labute approximate surface area is 131 Å². The number of carbonyl (C=O) groups excluding carboxylic acids is 2. The molecule has 1 aliphatic carbocycles. The van der Waals surface area contributed by atoms with Gasteiger partial charge in [0.05, 0.1) is 17.6 Å². The second-order valence-corrected chi connectivity index (χ2v) is 8.41. The van der Waals surface area contributed by atoms with Gasteiger partial charge in [-0.25, -0.2) is 12.7 Å². The second-order valence-electron chi connectivity index (χ2n) is 6.15. The Kier molecular flexibility index (Phi) is 5.44. The third-order valence-electron chi connectivity index (χ3n) is 4.72. The molecule has 2 aliphatic rings. The third kappa shape index (κ3) is 3.78. The molecule has 1 unspecified atom stereocenters. The fourth-order valence-corrected chi connectivity index (χ4v) is 4.55. The Balaban J connectivity index is 1.96. The van der Waals surface area contributed by atoms with E-state index in [0.29, 0.717) is 25.8 Å². The van der Waals surface area contributed by atoms with Crippen molar-refractivity contribution in [2.24, 2.45) is 17.6 Å². The van der Waals surface area contributed by atoms with Crippen molar-refractivity contribution < 1.29 is 18.0 Å². The molecule has 1 heterocycles. The molecule has 3 N–H and O–H groups in total. The fraction of sp³-hybridized carbons (Fsp3) is 0.857. The van der Waals surface area contributed by atoms with Gasteiger partial charge in [0, 0.05) is 19.1 Å². The van der Waals surface area contributed by atoms with Crippen molar-refractivity contribution in [3.8, 4) is 0 Å². The first kappa shape index (κ1) is 17.2. The van der Waals surface area contributed by atoms with E-state index in [1.807, 2.05) is 0 Å². The summed E-state index contributed by atoms with van der Waals surface area (Å²) >= 11 is 0. The van der Waals surface area contributed by atoms with Crippen molar-refractivity contribution in [2.45, 2.75) is 45.1 Å². The van der Waals surface area contributed by atoms with Crippen LogP contribution in [0.5, 0.6) is 0 Å². The van der Waals surface area contributed by atoms with Crippen molar-refractivity contribution >= 4 is 21.8 Å². The Morgan fingerprint density at radius 3 is 2.59 bits per heavy atom. The van der Waals surface area contributed by atoms with Crippen LogP contribution in [0.1, 0.15) is 39.0 Å². The molecule has 2 amide bonds. The Morgan fingerprint density at radius 1 is 1.23 bits per heavy atom. The number of nitrogens with one attached hydrogen (secondary N) is 1. The van der Waals surface area contributed by atoms with Gasteiger partial charge < -0.3 is 11.1 Å². The van der Waals surface area contributed by atoms with E-state index >= 15 is 0 Å². The van der Waals surface area contributed by atoms with Gasteiger partial charge >= 0.3 is 0 Å². The molecule has 1 saturated carbocycles. The first-order valence-corrected chi connectivity index (χ1v) is 9.53. The lowest BCUT2D eigenvalue weighted by Crippen LogP contribution is -2.49. The molecule has 7 nitrogen and oxygen atoms in total. The van der Waals surface area contributed by atoms with Crippen LogP contribution < -0.4 is 11.1 Å². The average Bonchev–Trinajstić information content (AvgIpc) is 2.95. The van der Waals surface area contributed by atoms with Crippen LogP contribution in [0.4, 0.5) is 0 Å². The van der Waals surface area contributed by atoms with Crippen LogP contribution in [-0.2, 0) is 19.6 Å². The summed E-state index contributed by atoms with van der Waals surface area (Å²) in [4.78, 5) is 23.8. The third-order valence-corrected chi connectivity index (χ3v) is 6.57. The summed E-state index contributed by atoms with van der Waals surface area (Å²) in [7, 11) is -3.26. The van der Waals surface area contributed by atoms with E-state index in [9.17, 15) is 18.0 Å². The number of sulfonamides is 1.